The Morgan fingerprint density at radius 2 is 1.52 bits per heavy atom. The predicted octanol–water partition coefficient (Wildman–Crippen LogP) is 5.38. The summed E-state index contributed by atoms with van der Waals surface area (Å²) in [6, 6.07) is 14.5. The summed E-state index contributed by atoms with van der Waals surface area (Å²) in [6.45, 7) is 1.78. The third-order valence-electron chi connectivity index (χ3n) is 5.24. The lowest BCUT2D eigenvalue weighted by atomic mass is 9.99. The number of anilines is 1. The molecule has 1 aliphatic heterocycles. The molecule has 0 fully saturated rings. The van der Waals surface area contributed by atoms with E-state index in [1.54, 1.807) is 24.3 Å². The molecule has 0 radical (unpaired) electrons. The second-order valence-electron chi connectivity index (χ2n) is 7.80. The summed E-state index contributed by atoms with van der Waals surface area (Å²) in [5, 5.41) is 10.3. The molecule has 0 saturated heterocycles. The summed E-state index contributed by atoms with van der Waals surface area (Å²) in [7, 11) is 0. The molecule has 0 atom stereocenters. The summed E-state index contributed by atoms with van der Waals surface area (Å²) in [6.07, 6.45) is -0.135. The Labute approximate surface area is 178 Å². The number of carboxylic acid groups (broad SMARTS) is 1. The van der Waals surface area contributed by atoms with Crippen molar-refractivity contribution in [3.8, 4) is 11.5 Å². The molecule has 0 aliphatic carbocycles. The van der Waals surface area contributed by atoms with Gasteiger partial charge in [-0.05, 0) is 31.5 Å². The van der Waals surface area contributed by atoms with Crippen molar-refractivity contribution < 1.29 is 28.2 Å². The molecule has 7 heteroatoms. The largest absolute Gasteiger partial charge is 0.490 e. The lowest BCUT2D eigenvalue weighted by Crippen LogP contribution is -2.15. The number of benzene rings is 3. The van der Waals surface area contributed by atoms with Crippen LogP contribution in [-0.2, 0) is 24.3 Å². The minimum atomic E-state index is -2.94. The molecule has 1 aliphatic rings. The van der Waals surface area contributed by atoms with E-state index >= 15 is 0 Å². The zero-order valence-corrected chi connectivity index (χ0v) is 17.3. The zero-order chi connectivity index (χ0) is 22.1. The van der Waals surface area contributed by atoms with Crippen LogP contribution in [0.4, 0.5) is 14.5 Å². The van der Waals surface area contributed by atoms with Crippen molar-refractivity contribution in [2.24, 2.45) is 0 Å². The van der Waals surface area contributed by atoms with Gasteiger partial charge in [-0.15, -0.1) is 0 Å². The van der Waals surface area contributed by atoms with Crippen LogP contribution in [0, 0.1) is 0 Å². The number of rotatable bonds is 7. The summed E-state index contributed by atoms with van der Waals surface area (Å²) in [5.74, 6) is -0.0220. The molecule has 4 rings (SSSR count). The molecular formula is C24H23F2NO4. The molecule has 0 aromatic heterocycles. The summed E-state index contributed by atoms with van der Waals surface area (Å²) in [5.41, 5.74) is 3.08. The number of hydrogen-bond acceptors (Lipinski definition) is 4. The van der Waals surface area contributed by atoms with Gasteiger partial charge in [-0.25, -0.2) is 0 Å². The van der Waals surface area contributed by atoms with Gasteiger partial charge in [0.05, 0.1) is 12.5 Å². The van der Waals surface area contributed by atoms with Gasteiger partial charge < -0.3 is 19.5 Å². The highest BCUT2D eigenvalue weighted by Crippen LogP contribution is 2.46. The molecule has 0 saturated carbocycles. The Morgan fingerprint density at radius 1 is 0.968 bits per heavy atom. The maximum atomic E-state index is 13.3. The second-order valence-corrected chi connectivity index (χ2v) is 7.80. The first kappa shape index (κ1) is 20.9. The van der Waals surface area contributed by atoms with Crippen LogP contribution in [0.5, 0.6) is 11.5 Å². The van der Waals surface area contributed by atoms with Gasteiger partial charge in [-0.1, -0.05) is 36.4 Å². The van der Waals surface area contributed by atoms with Crippen molar-refractivity contribution in [1.82, 2.24) is 0 Å². The third-order valence-corrected chi connectivity index (χ3v) is 5.24. The molecule has 0 bridgehead atoms. The van der Waals surface area contributed by atoms with Crippen LogP contribution >= 0.6 is 0 Å². The van der Waals surface area contributed by atoms with Crippen LogP contribution in [0.1, 0.15) is 30.5 Å². The Balaban J connectivity index is 1.79. The predicted molar refractivity (Wildman–Crippen MR) is 114 cm³/mol. The van der Waals surface area contributed by atoms with Gasteiger partial charge in [0.25, 0.3) is 0 Å². The summed E-state index contributed by atoms with van der Waals surface area (Å²) >= 11 is 0. The van der Waals surface area contributed by atoms with Crippen molar-refractivity contribution in [2.45, 2.75) is 46.1 Å². The minimum Gasteiger partial charge on any atom is -0.490 e. The van der Waals surface area contributed by atoms with E-state index in [9.17, 15) is 13.6 Å². The molecule has 1 heterocycles. The molecule has 3 aromatic rings. The number of ether oxygens (including phenoxy) is 2. The summed E-state index contributed by atoms with van der Waals surface area (Å²) in [4.78, 5) is 13.0. The number of nitrogens with zero attached hydrogens (tertiary/aromatic N) is 1. The number of fused-ring (bicyclic) bond motifs is 2. The topological polar surface area (TPSA) is 59.0 Å². The van der Waals surface area contributed by atoms with E-state index in [2.05, 4.69) is 0 Å². The van der Waals surface area contributed by atoms with Gasteiger partial charge in [-0.3, -0.25) is 4.79 Å². The van der Waals surface area contributed by atoms with E-state index in [-0.39, 0.29) is 18.3 Å². The number of aliphatic carboxylic acids is 1. The molecule has 5 nitrogen and oxygen atoms in total. The first-order valence-electron chi connectivity index (χ1n) is 10.1. The number of halogens is 2. The Morgan fingerprint density at radius 3 is 2.00 bits per heavy atom. The van der Waals surface area contributed by atoms with Crippen LogP contribution in [0.3, 0.4) is 0 Å². The van der Waals surface area contributed by atoms with Gasteiger partial charge in [0.15, 0.2) is 0 Å². The second kappa shape index (κ2) is 8.41. The summed E-state index contributed by atoms with van der Waals surface area (Å²) < 4.78 is 37.7. The van der Waals surface area contributed by atoms with Crippen molar-refractivity contribution in [3.63, 3.8) is 0 Å². The molecular weight excluding hydrogens is 404 g/mol. The molecule has 1 N–H and O–H groups in total. The molecule has 31 heavy (non-hydrogen) atoms. The smallest absolute Gasteiger partial charge is 0.387 e. The van der Waals surface area contributed by atoms with E-state index in [0.29, 0.717) is 35.4 Å². The van der Waals surface area contributed by atoms with Crippen LogP contribution in [0.15, 0.2) is 48.5 Å². The highest BCUT2D eigenvalue weighted by molar-refractivity contribution is 5.96. The average Bonchev–Trinajstić information content (AvgIpc) is 3.15. The van der Waals surface area contributed by atoms with E-state index in [1.807, 2.05) is 43.0 Å². The quantitative estimate of drug-likeness (QED) is 0.549. The molecule has 162 valence electrons. The Kier molecular flexibility index (Phi) is 5.67. The SMILES string of the molecule is CC(C)Oc1c2c(c(OC(F)F)c3ccccc13)CN(c1ccc(CC(=O)O)cc1)C2. The number of carboxylic acids is 1. The number of alkyl halides is 2. The van der Waals surface area contributed by atoms with E-state index < -0.39 is 12.6 Å². The van der Waals surface area contributed by atoms with E-state index in [1.165, 1.54) is 0 Å². The number of carbonyl (C=O) groups is 1. The Bertz CT molecular complexity index is 1050. The first-order valence-corrected chi connectivity index (χ1v) is 10.1. The standard InChI is InChI=1S/C24H23F2NO4/c1-14(2)30-22-17-5-3-4-6-18(17)23(31-24(25)26)20-13-27(12-19(20)22)16-9-7-15(8-10-16)11-21(28)29/h3-10,14,24H,11-13H2,1-2H3,(H,28,29). The van der Waals surface area contributed by atoms with E-state index in [0.717, 1.165) is 16.6 Å². The van der Waals surface area contributed by atoms with Gasteiger partial charge in [0.1, 0.15) is 11.5 Å². The normalized spacial score (nSPS) is 13.2. The van der Waals surface area contributed by atoms with Crippen LogP contribution in [0.2, 0.25) is 0 Å². The lowest BCUT2D eigenvalue weighted by molar-refractivity contribution is -0.136. The Hall–Kier alpha value is -3.35. The first-order chi connectivity index (χ1) is 14.8. The molecule has 3 aromatic carbocycles. The number of hydrogen-bond donors (Lipinski definition) is 1. The fraction of sp³-hybridized carbons (Fsp3) is 0.292. The fourth-order valence-electron chi connectivity index (χ4n) is 4.03. The van der Waals surface area contributed by atoms with Crippen molar-refractivity contribution >= 4 is 22.4 Å². The molecule has 0 spiro atoms. The fourth-order valence-corrected chi connectivity index (χ4v) is 4.03. The van der Waals surface area contributed by atoms with Gasteiger partial charge in [0.2, 0.25) is 0 Å². The van der Waals surface area contributed by atoms with Crippen LogP contribution < -0.4 is 14.4 Å². The van der Waals surface area contributed by atoms with Crippen molar-refractivity contribution in [1.29, 1.82) is 0 Å². The van der Waals surface area contributed by atoms with E-state index in [4.69, 9.17) is 14.6 Å². The molecule has 0 unspecified atom stereocenters. The highest BCUT2D eigenvalue weighted by atomic mass is 19.3. The maximum Gasteiger partial charge on any atom is 0.387 e. The zero-order valence-electron chi connectivity index (χ0n) is 17.3. The highest BCUT2D eigenvalue weighted by Gasteiger charge is 2.31. The maximum absolute atomic E-state index is 13.3. The lowest BCUT2D eigenvalue weighted by Gasteiger charge is -2.19. The van der Waals surface area contributed by atoms with Gasteiger partial charge in [0, 0.05) is 40.7 Å². The average molecular weight is 427 g/mol. The van der Waals surface area contributed by atoms with Gasteiger partial charge >= 0.3 is 12.6 Å². The van der Waals surface area contributed by atoms with Gasteiger partial charge in [-0.2, -0.15) is 8.78 Å². The molecule has 0 amide bonds. The monoisotopic (exact) mass is 427 g/mol. The van der Waals surface area contributed by atoms with Crippen LogP contribution in [0.25, 0.3) is 10.8 Å². The van der Waals surface area contributed by atoms with Crippen molar-refractivity contribution in [2.75, 3.05) is 4.90 Å². The third kappa shape index (κ3) is 4.26. The van der Waals surface area contributed by atoms with Crippen molar-refractivity contribution in [3.05, 3.63) is 65.2 Å². The van der Waals surface area contributed by atoms with Crippen LogP contribution in [-0.4, -0.2) is 23.8 Å². The minimum absolute atomic E-state index is 0.0509.